The van der Waals surface area contributed by atoms with E-state index < -0.39 is 16.6 Å². The molecule has 9 heteroatoms. The zero-order chi connectivity index (χ0) is 18.9. The maximum atomic E-state index is 12.8. The Bertz CT molecular complexity index is 940. The van der Waals surface area contributed by atoms with Crippen LogP contribution in [-0.4, -0.2) is 26.4 Å². The Labute approximate surface area is 158 Å². The summed E-state index contributed by atoms with van der Waals surface area (Å²) in [6, 6.07) is 7.91. The number of furan rings is 1. The highest BCUT2D eigenvalue weighted by atomic mass is 79.9. The van der Waals surface area contributed by atoms with E-state index in [1.165, 1.54) is 23.5 Å². The first kappa shape index (κ1) is 19.1. The molecule has 0 aliphatic heterocycles. The molecule has 0 amide bonds. The molecule has 26 heavy (non-hydrogen) atoms. The lowest BCUT2D eigenvalue weighted by Crippen LogP contribution is -2.28. The number of halogens is 3. The molecular weight excluding hydrogens is 432 g/mol. The summed E-state index contributed by atoms with van der Waals surface area (Å²) in [6.45, 7) is -2.78. The summed E-state index contributed by atoms with van der Waals surface area (Å²) < 4.78 is 61.7. The molecule has 0 fully saturated rings. The molecule has 0 bridgehead atoms. The molecule has 0 saturated heterocycles. The van der Waals surface area contributed by atoms with Gasteiger partial charge in [0.1, 0.15) is 11.5 Å². The molecule has 140 valence electrons. The summed E-state index contributed by atoms with van der Waals surface area (Å²) in [5, 5.41) is 0. The number of alkyl halides is 2. The Morgan fingerprint density at radius 1 is 1.27 bits per heavy atom. The number of hydrogen-bond donors (Lipinski definition) is 0. The van der Waals surface area contributed by atoms with Crippen LogP contribution in [0, 0.1) is 0 Å². The topological polar surface area (TPSA) is 59.8 Å². The standard InChI is InChI=1S/C17H16BrF2NO4S/c1-21(10-14-5-7-16(18)24-14)26(22,23)15-6-3-11-8-13(25-17(19)20)4-2-12(11)9-15/h2,4-5,7-9,17H,3,6,10H2,1H3. The first-order valence-electron chi connectivity index (χ1n) is 7.74. The highest BCUT2D eigenvalue weighted by Crippen LogP contribution is 2.31. The summed E-state index contributed by atoms with van der Waals surface area (Å²) >= 11 is 3.18. The summed E-state index contributed by atoms with van der Waals surface area (Å²) in [6.07, 6.45) is 2.30. The molecular formula is C17H16BrF2NO4S. The Kier molecular flexibility index (Phi) is 5.50. The van der Waals surface area contributed by atoms with Crippen molar-refractivity contribution in [2.24, 2.45) is 0 Å². The molecule has 1 heterocycles. The Hall–Kier alpha value is -1.71. The van der Waals surface area contributed by atoms with E-state index in [0.29, 0.717) is 28.8 Å². The van der Waals surface area contributed by atoms with E-state index in [2.05, 4.69) is 20.7 Å². The van der Waals surface area contributed by atoms with Gasteiger partial charge in [-0.15, -0.1) is 0 Å². The number of ether oxygens (including phenoxy) is 1. The number of aryl methyl sites for hydroxylation is 1. The number of fused-ring (bicyclic) bond motifs is 1. The van der Waals surface area contributed by atoms with Crippen molar-refractivity contribution in [2.45, 2.75) is 26.0 Å². The molecule has 1 aliphatic carbocycles. The van der Waals surface area contributed by atoms with Gasteiger partial charge in [0, 0.05) is 7.05 Å². The van der Waals surface area contributed by atoms with Gasteiger partial charge in [0.2, 0.25) is 10.0 Å². The van der Waals surface area contributed by atoms with E-state index in [4.69, 9.17) is 4.42 Å². The summed E-state index contributed by atoms with van der Waals surface area (Å²) in [4.78, 5) is 0.278. The predicted molar refractivity (Wildman–Crippen MR) is 96.2 cm³/mol. The smallest absolute Gasteiger partial charge is 0.387 e. The van der Waals surface area contributed by atoms with Crippen LogP contribution < -0.4 is 4.74 Å². The number of benzene rings is 1. The van der Waals surface area contributed by atoms with Crippen molar-refractivity contribution in [1.82, 2.24) is 4.31 Å². The van der Waals surface area contributed by atoms with Crippen molar-refractivity contribution in [3.63, 3.8) is 0 Å². The van der Waals surface area contributed by atoms with Crippen LogP contribution >= 0.6 is 15.9 Å². The molecule has 1 aromatic carbocycles. The van der Waals surface area contributed by atoms with Gasteiger partial charge in [-0.2, -0.15) is 13.1 Å². The van der Waals surface area contributed by atoms with E-state index in [1.807, 2.05) is 0 Å². The summed E-state index contributed by atoms with van der Waals surface area (Å²) in [7, 11) is -2.17. The fourth-order valence-corrected chi connectivity index (χ4v) is 4.44. The lowest BCUT2D eigenvalue weighted by molar-refractivity contribution is -0.0498. The Morgan fingerprint density at radius 2 is 2.04 bits per heavy atom. The highest BCUT2D eigenvalue weighted by Gasteiger charge is 2.27. The molecule has 1 aromatic heterocycles. The third kappa shape index (κ3) is 4.16. The molecule has 0 radical (unpaired) electrons. The highest BCUT2D eigenvalue weighted by molar-refractivity contribution is 9.10. The van der Waals surface area contributed by atoms with E-state index in [9.17, 15) is 17.2 Å². The lowest BCUT2D eigenvalue weighted by Gasteiger charge is -2.22. The molecule has 0 saturated carbocycles. The number of sulfonamides is 1. The van der Waals surface area contributed by atoms with Gasteiger partial charge in [0.25, 0.3) is 0 Å². The largest absolute Gasteiger partial charge is 0.453 e. The van der Waals surface area contributed by atoms with Crippen LogP contribution in [0.3, 0.4) is 0 Å². The van der Waals surface area contributed by atoms with Gasteiger partial charge >= 0.3 is 6.61 Å². The van der Waals surface area contributed by atoms with Gasteiger partial charge in [0.05, 0.1) is 11.4 Å². The van der Waals surface area contributed by atoms with Crippen molar-refractivity contribution >= 4 is 32.0 Å². The molecule has 0 spiro atoms. The molecule has 5 nitrogen and oxygen atoms in total. The maximum absolute atomic E-state index is 12.8. The minimum Gasteiger partial charge on any atom is -0.453 e. The predicted octanol–water partition coefficient (Wildman–Crippen LogP) is 4.39. The third-order valence-electron chi connectivity index (χ3n) is 4.05. The van der Waals surface area contributed by atoms with Gasteiger partial charge in [-0.25, -0.2) is 8.42 Å². The molecule has 1 aliphatic rings. The van der Waals surface area contributed by atoms with Crippen LogP contribution in [0.2, 0.25) is 0 Å². The summed E-state index contributed by atoms with van der Waals surface area (Å²) in [5.74, 6) is 0.590. The number of rotatable bonds is 6. The normalized spacial score (nSPS) is 14.5. The van der Waals surface area contributed by atoms with Crippen LogP contribution in [0.1, 0.15) is 23.3 Å². The van der Waals surface area contributed by atoms with Crippen molar-refractivity contribution < 1.29 is 26.4 Å². The maximum Gasteiger partial charge on any atom is 0.387 e. The van der Waals surface area contributed by atoms with Crippen molar-refractivity contribution in [3.05, 3.63) is 56.8 Å². The van der Waals surface area contributed by atoms with Crippen molar-refractivity contribution in [1.29, 1.82) is 0 Å². The zero-order valence-electron chi connectivity index (χ0n) is 13.8. The Morgan fingerprint density at radius 3 is 2.69 bits per heavy atom. The van der Waals surface area contributed by atoms with E-state index >= 15 is 0 Å². The SMILES string of the molecule is CN(Cc1ccc(Br)o1)S(=O)(=O)C1=Cc2ccc(OC(F)F)cc2CC1. The summed E-state index contributed by atoms with van der Waals surface area (Å²) in [5.41, 5.74) is 1.46. The van der Waals surface area contributed by atoms with Gasteiger partial charge in [-0.1, -0.05) is 6.07 Å². The number of hydrogen-bond acceptors (Lipinski definition) is 4. The number of allylic oxidation sites excluding steroid dienone is 1. The lowest BCUT2D eigenvalue weighted by atomic mass is 9.97. The van der Waals surface area contributed by atoms with Crippen LogP contribution in [0.25, 0.3) is 6.08 Å². The fraction of sp³-hybridized carbons (Fsp3) is 0.294. The second-order valence-electron chi connectivity index (χ2n) is 5.82. The van der Waals surface area contributed by atoms with Gasteiger partial charge in [-0.3, -0.25) is 0 Å². The molecule has 2 aromatic rings. The van der Waals surface area contributed by atoms with Crippen LogP contribution in [-0.2, 0) is 23.0 Å². The average molecular weight is 448 g/mol. The van der Waals surface area contributed by atoms with Crippen LogP contribution in [0.5, 0.6) is 5.75 Å². The second-order valence-corrected chi connectivity index (χ2v) is 8.70. The Balaban J connectivity index is 1.81. The van der Waals surface area contributed by atoms with Crippen molar-refractivity contribution in [2.75, 3.05) is 7.05 Å². The average Bonchev–Trinajstić information content (AvgIpc) is 2.98. The monoisotopic (exact) mass is 447 g/mol. The van der Waals surface area contributed by atoms with Crippen LogP contribution in [0.15, 0.2) is 44.3 Å². The third-order valence-corrected chi connectivity index (χ3v) is 6.41. The first-order chi connectivity index (χ1) is 12.3. The van der Waals surface area contributed by atoms with Gasteiger partial charge < -0.3 is 9.15 Å². The van der Waals surface area contributed by atoms with Crippen molar-refractivity contribution in [3.8, 4) is 5.75 Å². The van der Waals surface area contributed by atoms with E-state index in [0.717, 1.165) is 5.56 Å². The zero-order valence-corrected chi connectivity index (χ0v) is 16.2. The van der Waals surface area contributed by atoms with E-state index in [-0.39, 0.29) is 17.2 Å². The molecule has 0 atom stereocenters. The second kappa shape index (κ2) is 7.50. The van der Waals surface area contributed by atoms with E-state index in [1.54, 1.807) is 24.3 Å². The quantitative estimate of drug-likeness (QED) is 0.658. The minimum atomic E-state index is -3.65. The first-order valence-corrected chi connectivity index (χ1v) is 9.98. The molecule has 3 rings (SSSR count). The minimum absolute atomic E-state index is 0.0685. The van der Waals surface area contributed by atoms with Gasteiger partial charge in [0.15, 0.2) is 4.67 Å². The fourth-order valence-electron chi connectivity index (χ4n) is 2.76. The van der Waals surface area contributed by atoms with Crippen LogP contribution in [0.4, 0.5) is 8.78 Å². The molecule has 0 unspecified atom stereocenters. The number of nitrogens with zero attached hydrogens (tertiary/aromatic N) is 1. The molecule has 0 N–H and O–H groups in total. The van der Waals surface area contributed by atoms with Gasteiger partial charge in [-0.05, 0) is 70.2 Å².